The van der Waals surface area contributed by atoms with E-state index in [0.29, 0.717) is 29.6 Å². The number of unbranched alkanes of at least 4 members (excludes halogenated alkanes) is 3. The van der Waals surface area contributed by atoms with Crippen LogP contribution >= 0.6 is 34.7 Å². The fraction of sp³-hybridized carbons (Fsp3) is 0.582. The first-order chi connectivity index (χ1) is 35.8. The van der Waals surface area contributed by atoms with Gasteiger partial charge in [0.05, 0.1) is 51.9 Å². The zero-order valence-corrected chi connectivity index (χ0v) is 46.4. The number of hydrogen-bond donors (Lipinski definition) is 5. The molecule has 4 amide bonds. The van der Waals surface area contributed by atoms with Crippen LogP contribution in [0.25, 0.3) is 10.4 Å². The van der Waals surface area contributed by atoms with Gasteiger partial charge in [0.15, 0.2) is 5.67 Å². The summed E-state index contributed by atoms with van der Waals surface area (Å²) >= 11 is 9.83. The summed E-state index contributed by atoms with van der Waals surface area (Å²) in [4.78, 5) is 75.6. The average Bonchev–Trinajstić information content (AvgIpc) is 3.80. The normalized spacial score (nSPS) is 20.1. The van der Waals surface area contributed by atoms with Crippen molar-refractivity contribution in [1.29, 1.82) is 0 Å². The number of hydrogen-bond acceptors (Lipinski definition) is 14. The summed E-state index contributed by atoms with van der Waals surface area (Å²) in [5, 5.41) is 20.6. The molecule has 406 valence electrons. The fourth-order valence-electron chi connectivity index (χ4n) is 10.0. The van der Waals surface area contributed by atoms with Gasteiger partial charge in [-0.1, -0.05) is 82.1 Å². The zero-order valence-electron chi connectivity index (χ0n) is 44.0. The molecule has 0 bridgehead atoms. The summed E-state index contributed by atoms with van der Waals surface area (Å²) in [6, 6.07) is 9.47. The third-order valence-corrected chi connectivity index (χ3v) is 17.8. The highest BCUT2D eigenvalue weighted by Crippen LogP contribution is 2.41. The first kappa shape index (κ1) is 56.3. The molecule has 8 rings (SSSR count). The number of aromatic nitrogens is 3. The SMILES string of the molecule is Cc1ncsc1-c1ccc(CNC(=O)[C@@H]2C[C@@H](O)CN2C(=O)[C@@H](NC(=O)C2(F)CC2)C(C)(C)C)c(OCCCCCCN2CCC(C(=O)Nc3cccc(Sc4cnc(N5CCC(C)(CN)CC5)cn4)c3Cl)CC2)c1. The van der Waals surface area contributed by atoms with Crippen LogP contribution in [0.2, 0.25) is 5.02 Å². The van der Waals surface area contributed by atoms with Crippen LogP contribution in [0.4, 0.5) is 15.9 Å². The zero-order chi connectivity index (χ0) is 53.5. The Morgan fingerprint density at radius 1 is 0.987 bits per heavy atom. The topological polar surface area (TPSA) is 208 Å². The number of halogens is 2. The average molecular weight is 1090 g/mol. The molecule has 6 N–H and O–H groups in total. The van der Waals surface area contributed by atoms with Crippen LogP contribution in [-0.4, -0.2) is 130 Å². The summed E-state index contributed by atoms with van der Waals surface area (Å²) in [6.07, 6.45) is 10.4. The molecule has 2 aromatic carbocycles. The highest BCUT2D eigenvalue weighted by atomic mass is 35.5. The minimum absolute atomic E-state index is 0.0132. The van der Waals surface area contributed by atoms with Crippen LogP contribution in [-0.2, 0) is 25.7 Å². The van der Waals surface area contributed by atoms with Gasteiger partial charge in [0.2, 0.25) is 17.7 Å². The lowest BCUT2D eigenvalue weighted by Gasteiger charge is -2.39. The van der Waals surface area contributed by atoms with Crippen molar-refractivity contribution in [3.8, 4) is 16.2 Å². The van der Waals surface area contributed by atoms with Gasteiger partial charge in [-0.05, 0) is 119 Å². The molecule has 0 unspecified atom stereocenters. The number of nitrogens with zero attached hydrogens (tertiary/aromatic N) is 6. The van der Waals surface area contributed by atoms with E-state index in [1.165, 1.54) is 16.7 Å². The smallest absolute Gasteiger partial charge is 0.258 e. The fourth-order valence-corrected chi connectivity index (χ4v) is 11.9. The Morgan fingerprint density at radius 2 is 1.73 bits per heavy atom. The molecule has 1 aliphatic carbocycles. The number of nitrogens with one attached hydrogen (secondary N) is 3. The maximum absolute atomic E-state index is 14.7. The highest BCUT2D eigenvalue weighted by molar-refractivity contribution is 7.99. The van der Waals surface area contributed by atoms with Gasteiger partial charge >= 0.3 is 0 Å². The standard InChI is InChI=1S/C55H74ClFN10O6S2/c1-35-47(74-34-62-35)37-13-14-38(29-61-50(70)41-28-39(68)32-67(41)51(71)48(53(2,3)4)64-52(72)55(57)17-18-55)42(27-37)73-26-9-7-6-8-21-65-22-15-36(16-23-65)49(69)63-40-11-10-12-43(46(40)56)75-45-31-59-44(30-60-45)66-24-19-54(5,33-58)20-25-66/h10-14,27,30-31,34,36,39,41,48,68H,6-9,15-26,28-29,32-33,58H2,1-5H3,(H,61,70)(H,63,69)(H,64,72)/t39-,41+,48-/m1/s1. The van der Waals surface area contributed by atoms with Gasteiger partial charge in [-0.3, -0.25) is 19.2 Å². The first-order valence-corrected chi connectivity index (χ1v) is 28.6. The number of aliphatic hydroxyl groups is 1. The Hall–Kier alpha value is -4.92. The van der Waals surface area contributed by atoms with Crippen LogP contribution in [0, 0.1) is 23.7 Å². The largest absolute Gasteiger partial charge is 0.493 e. The van der Waals surface area contributed by atoms with Crippen molar-refractivity contribution in [3.05, 3.63) is 70.6 Å². The molecule has 75 heavy (non-hydrogen) atoms. The summed E-state index contributed by atoms with van der Waals surface area (Å²) in [5.41, 5.74) is 8.45. The second-order valence-electron chi connectivity index (χ2n) is 22.2. The second kappa shape index (κ2) is 24.6. The summed E-state index contributed by atoms with van der Waals surface area (Å²) in [5.74, 6) is -0.414. The number of carbonyl (C=O) groups is 4. The molecule has 4 aromatic rings. The molecule has 0 radical (unpaired) electrons. The number of aliphatic hydroxyl groups excluding tert-OH is 1. The summed E-state index contributed by atoms with van der Waals surface area (Å²) in [7, 11) is 0. The van der Waals surface area contributed by atoms with Gasteiger partial charge in [-0.15, -0.1) is 11.3 Å². The molecule has 20 heteroatoms. The van der Waals surface area contributed by atoms with Gasteiger partial charge in [-0.2, -0.15) is 0 Å². The Balaban J connectivity index is 0.765. The molecule has 3 atom stereocenters. The first-order valence-electron chi connectivity index (χ1n) is 26.5. The summed E-state index contributed by atoms with van der Waals surface area (Å²) in [6.45, 7) is 15.2. The van der Waals surface area contributed by atoms with Crippen LogP contribution in [0.1, 0.15) is 110 Å². The number of rotatable bonds is 21. The lowest BCUT2D eigenvalue weighted by Crippen LogP contribution is -2.59. The van der Waals surface area contributed by atoms with E-state index in [2.05, 4.69) is 42.6 Å². The van der Waals surface area contributed by atoms with Gasteiger partial charge in [-0.25, -0.2) is 19.3 Å². The number of thiazole rings is 1. The van der Waals surface area contributed by atoms with Crippen molar-refractivity contribution < 1.29 is 33.4 Å². The number of benzene rings is 2. The van der Waals surface area contributed by atoms with E-state index >= 15 is 0 Å². The Morgan fingerprint density at radius 3 is 2.40 bits per heavy atom. The number of piperidine rings is 2. The predicted octanol–water partition coefficient (Wildman–Crippen LogP) is 8.18. The van der Waals surface area contributed by atoms with Crippen LogP contribution in [0.5, 0.6) is 5.75 Å². The molecule has 16 nitrogen and oxygen atoms in total. The highest BCUT2D eigenvalue weighted by Gasteiger charge is 2.53. The van der Waals surface area contributed by atoms with E-state index in [-0.39, 0.29) is 49.6 Å². The number of likely N-dealkylation sites (tertiary alicyclic amines) is 2. The van der Waals surface area contributed by atoms with E-state index < -0.39 is 47.0 Å². The van der Waals surface area contributed by atoms with Crippen LogP contribution in [0.3, 0.4) is 0 Å². The Kier molecular flexibility index (Phi) is 18.5. The number of nitrogens with two attached hydrogens (primary N) is 1. The van der Waals surface area contributed by atoms with Gasteiger partial charge < -0.3 is 46.2 Å². The molecule has 1 saturated carbocycles. The molecule has 2 aromatic heterocycles. The number of anilines is 2. The van der Waals surface area contributed by atoms with Crippen molar-refractivity contribution in [2.24, 2.45) is 22.5 Å². The van der Waals surface area contributed by atoms with Crippen molar-refractivity contribution in [1.82, 2.24) is 35.4 Å². The van der Waals surface area contributed by atoms with Crippen molar-refractivity contribution in [2.75, 3.05) is 62.6 Å². The number of amides is 4. The number of β-amino-alcohol motifs (C(OH)–C–C–N with tert-alkyl or cyclic N) is 1. The molecule has 0 spiro atoms. The van der Waals surface area contributed by atoms with Crippen molar-refractivity contribution >= 4 is 69.8 Å². The van der Waals surface area contributed by atoms with Gasteiger partial charge in [0, 0.05) is 49.0 Å². The van der Waals surface area contributed by atoms with E-state index in [9.17, 15) is 28.7 Å². The third-order valence-electron chi connectivity index (χ3n) is 15.3. The number of alkyl halides is 1. The monoisotopic (exact) mass is 1090 g/mol. The van der Waals surface area contributed by atoms with E-state index in [4.69, 9.17) is 27.1 Å². The van der Waals surface area contributed by atoms with Crippen molar-refractivity contribution in [2.45, 2.75) is 146 Å². The molecule has 3 saturated heterocycles. The van der Waals surface area contributed by atoms with E-state index in [0.717, 1.165) is 122 Å². The quantitative estimate of drug-likeness (QED) is 0.0500. The molecular weight excluding hydrogens is 1020 g/mol. The number of ether oxygens (including phenoxy) is 1. The minimum Gasteiger partial charge on any atom is -0.493 e. The second-order valence-corrected chi connectivity index (χ2v) is 24.5. The molecule has 3 aliphatic heterocycles. The Labute approximate surface area is 453 Å². The van der Waals surface area contributed by atoms with Gasteiger partial charge in [0.1, 0.15) is 28.7 Å². The van der Waals surface area contributed by atoms with E-state index in [1.54, 1.807) is 38.3 Å². The summed E-state index contributed by atoms with van der Waals surface area (Å²) < 4.78 is 21.1. The predicted molar refractivity (Wildman–Crippen MR) is 293 cm³/mol. The number of carbonyl (C=O) groups excluding carboxylic acids is 4. The molecular formula is C55H74ClFN10O6S2. The molecule has 4 fully saturated rings. The lowest BCUT2D eigenvalue weighted by atomic mass is 9.80. The maximum atomic E-state index is 14.7. The Bertz CT molecular complexity index is 2630. The molecule has 4 aliphatic rings. The molecule has 5 heterocycles. The number of aryl methyl sites for hydroxylation is 1. The lowest BCUT2D eigenvalue weighted by molar-refractivity contribution is -0.145. The van der Waals surface area contributed by atoms with Crippen molar-refractivity contribution in [3.63, 3.8) is 0 Å². The van der Waals surface area contributed by atoms with Crippen LogP contribution in [0.15, 0.2) is 64.2 Å². The minimum atomic E-state index is -1.97. The third kappa shape index (κ3) is 14.4. The van der Waals surface area contributed by atoms with Crippen LogP contribution < -0.4 is 31.3 Å². The van der Waals surface area contributed by atoms with Gasteiger partial charge in [0.25, 0.3) is 5.91 Å². The maximum Gasteiger partial charge on any atom is 0.258 e. The van der Waals surface area contributed by atoms with E-state index in [1.807, 2.05) is 55.0 Å².